The van der Waals surface area contributed by atoms with Crippen LogP contribution in [-0.2, 0) is 4.79 Å². The highest BCUT2D eigenvalue weighted by Gasteiger charge is 2.32. The van der Waals surface area contributed by atoms with Crippen molar-refractivity contribution in [3.63, 3.8) is 0 Å². The molecule has 2 aromatic carbocycles. The molecule has 1 heterocycles. The second-order valence-corrected chi connectivity index (χ2v) is 7.67. The van der Waals surface area contributed by atoms with Crippen LogP contribution in [0.15, 0.2) is 41.3 Å². The normalized spacial score (nSPS) is 16.4. The molecule has 0 saturated carbocycles. The minimum Gasteiger partial charge on any atom is -0.497 e. The zero-order chi connectivity index (χ0) is 19.4. The molecular formula is C20H21ClFNO3S. The van der Waals surface area contributed by atoms with Crippen molar-refractivity contribution in [3.05, 3.63) is 52.8 Å². The minimum absolute atomic E-state index is 0.0350. The number of methoxy groups -OCH3 is 2. The second-order valence-electron chi connectivity index (χ2n) is 6.22. The lowest BCUT2D eigenvalue weighted by molar-refractivity contribution is -0.129. The summed E-state index contributed by atoms with van der Waals surface area (Å²) in [6.45, 7) is 0.703. The molecule has 2 aromatic rings. The first-order chi connectivity index (χ1) is 13.0. The summed E-state index contributed by atoms with van der Waals surface area (Å²) in [5.74, 6) is 1.33. The first-order valence-corrected chi connectivity index (χ1v) is 9.99. The van der Waals surface area contributed by atoms with Crippen molar-refractivity contribution in [2.75, 3.05) is 26.5 Å². The van der Waals surface area contributed by atoms with Crippen molar-refractivity contribution in [2.45, 2.75) is 23.8 Å². The molecule has 0 N–H and O–H groups in total. The average Bonchev–Trinajstić information content (AvgIpc) is 3.17. The summed E-state index contributed by atoms with van der Waals surface area (Å²) in [6, 6.07) is 10.1. The van der Waals surface area contributed by atoms with E-state index in [2.05, 4.69) is 0 Å². The Hall–Kier alpha value is -1.92. The van der Waals surface area contributed by atoms with Crippen molar-refractivity contribution in [3.8, 4) is 11.5 Å². The fourth-order valence-electron chi connectivity index (χ4n) is 3.28. The monoisotopic (exact) mass is 409 g/mol. The summed E-state index contributed by atoms with van der Waals surface area (Å²) in [7, 11) is 3.24. The van der Waals surface area contributed by atoms with E-state index in [-0.39, 0.29) is 22.7 Å². The van der Waals surface area contributed by atoms with Gasteiger partial charge in [-0.2, -0.15) is 0 Å². The molecule has 0 unspecified atom stereocenters. The predicted octanol–water partition coefficient (Wildman–Crippen LogP) is 4.95. The molecule has 0 bridgehead atoms. The first-order valence-electron chi connectivity index (χ1n) is 8.62. The van der Waals surface area contributed by atoms with Gasteiger partial charge in [-0.3, -0.25) is 4.79 Å². The van der Waals surface area contributed by atoms with E-state index in [0.717, 1.165) is 34.8 Å². The molecule has 7 heteroatoms. The molecule has 0 radical (unpaired) electrons. The Kier molecular flexibility index (Phi) is 6.50. The maximum absolute atomic E-state index is 13.3. The van der Waals surface area contributed by atoms with Crippen LogP contribution >= 0.6 is 23.4 Å². The summed E-state index contributed by atoms with van der Waals surface area (Å²) in [5, 5.41) is 0.0626. The minimum atomic E-state index is -0.461. The van der Waals surface area contributed by atoms with Crippen molar-refractivity contribution >= 4 is 29.3 Å². The number of carbonyl (C=O) groups excluding carboxylic acids is 1. The van der Waals surface area contributed by atoms with Crippen molar-refractivity contribution in [1.82, 2.24) is 4.90 Å². The quantitative estimate of drug-likeness (QED) is 0.632. The van der Waals surface area contributed by atoms with Crippen molar-refractivity contribution in [1.29, 1.82) is 0 Å². The molecule has 0 spiro atoms. The van der Waals surface area contributed by atoms with E-state index in [1.165, 1.54) is 17.8 Å². The van der Waals surface area contributed by atoms with Crippen LogP contribution in [0.5, 0.6) is 11.5 Å². The lowest BCUT2D eigenvalue weighted by Crippen LogP contribution is -2.32. The van der Waals surface area contributed by atoms with Gasteiger partial charge in [0.15, 0.2) is 0 Å². The Bertz CT molecular complexity index is 833. The number of likely N-dealkylation sites (tertiary alicyclic amines) is 1. The van der Waals surface area contributed by atoms with Gasteiger partial charge in [-0.05, 0) is 49.2 Å². The molecule has 1 aliphatic rings. The SMILES string of the molecule is COc1ccc(OC)c([C@H]2CCCN2C(=O)CSc2ccc(F)c(Cl)c2)c1. The molecular weight excluding hydrogens is 389 g/mol. The van der Waals surface area contributed by atoms with Gasteiger partial charge in [-0.25, -0.2) is 4.39 Å². The third-order valence-corrected chi connectivity index (χ3v) is 5.89. The van der Waals surface area contributed by atoms with Gasteiger partial charge in [0.1, 0.15) is 17.3 Å². The number of carbonyl (C=O) groups is 1. The van der Waals surface area contributed by atoms with E-state index < -0.39 is 5.82 Å². The zero-order valence-electron chi connectivity index (χ0n) is 15.2. The number of benzene rings is 2. The van der Waals surface area contributed by atoms with Gasteiger partial charge in [0.2, 0.25) is 5.91 Å². The van der Waals surface area contributed by atoms with Crippen LogP contribution in [0.2, 0.25) is 5.02 Å². The van der Waals surface area contributed by atoms with Crippen LogP contribution in [0.4, 0.5) is 4.39 Å². The Morgan fingerprint density at radius 3 is 2.78 bits per heavy atom. The highest BCUT2D eigenvalue weighted by molar-refractivity contribution is 8.00. The molecule has 3 rings (SSSR count). The number of ether oxygens (including phenoxy) is 2. The van der Waals surface area contributed by atoms with Crippen molar-refractivity contribution in [2.24, 2.45) is 0 Å². The Labute approximate surface area is 167 Å². The average molecular weight is 410 g/mol. The lowest BCUT2D eigenvalue weighted by atomic mass is 10.0. The van der Waals surface area contributed by atoms with Gasteiger partial charge in [-0.1, -0.05) is 11.6 Å². The third kappa shape index (κ3) is 4.50. The molecule has 0 aromatic heterocycles. The highest BCUT2D eigenvalue weighted by atomic mass is 35.5. The maximum atomic E-state index is 13.3. The van der Waals surface area contributed by atoms with E-state index in [9.17, 15) is 9.18 Å². The van der Waals surface area contributed by atoms with Crippen molar-refractivity contribution < 1.29 is 18.7 Å². The highest BCUT2D eigenvalue weighted by Crippen LogP contribution is 2.39. The van der Waals surface area contributed by atoms with E-state index in [4.69, 9.17) is 21.1 Å². The first kappa shape index (κ1) is 19.8. The van der Waals surface area contributed by atoms with Crippen LogP contribution in [0.3, 0.4) is 0 Å². The van der Waals surface area contributed by atoms with Gasteiger partial charge in [0.25, 0.3) is 0 Å². The number of halogens is 2. The van der Waals surface area contributed by atoms with Gasteiger partial charge in [-0.15, -0.1) is 11.8 Å². The molecule has 144 valence electrons. The molecule has 0 aliphatic carbocycles. The molecule has 1 fully saturated rings. The summed E-state index contributed by atoms with van der Waals surface area (Å²) >= 11 is 7.17. The number of thioether (sulfide) groups is 1. The second kappa shape index (κ2) is 8.85. The lowest BCUT2D eigenvalue weighted by Gasteiger charge is -2.26. The Morgan fingerprint density at radius 2 is 2.07 bits per heavy atom. The number of hydrogen-bond donors (Lipinski definition) is 0. The third-order valence-electron chi connectivity index (χ3n) is 4.62. The van der Waals surface area contributed by atoms with E-state index >= 15 is 0 Å². The van der Waals surface area contributed by atoms with Crippen LogP contribution in [-0.4, -0.2) is 37.3 Å². The van der Waals surface area contributed by atoms with E-state index in [0.29, 0.717) is 6.54 Å². The molecule has 1 amide bonds. The molecule has 27 heavy (non-hydrogen) atoms. The molecule has 1 aliphatic heterocycles. The van der Waals surface area contributed by atoms with Crippen LogP contribution < -0.4 is 9.47 Å². The fraction of sp³-hybridized carbons (Fsp3) is 0.350. The Balaban J connectivity index is 1.74. The van der Waals surface area contributed by atoms with E-state index in [1.54, 1.807) is 26.4 Å². The molecule has 1 saturated heterocycles. The topological polar surface area (TPSA) is 38.8 Å². The summed E-state index contributed by atoms with van der Waals surface area (Å²) in [4.78, 5) is 15.5. The van der Waals surface area contributed by atoms with Gasteiger partial charge < -0.3 is 14.4 Å². The number of rotatable bonds is 6. The number of hydrogen-bond acceptors (Lipinski definition) is 4. The van der Waals surface area contributed by atoms with E-state index in [1.807, 2.05) is 23.1 Å². The Morgan fingerprint density at radius 1 is 1.26 bits per heavy atom. The zero-order valence-corrected chi connectivity index (χ0v) is 16.8. The number of amides is 1. The van der Waals surface area contributed by atoms with Crippen LogP contribution in [0.25, 0.3) is 0 Å². The largest absolute Gasteiger partial charge is 0.497 e. The fourth-order valence-corrected chi connectivity index (χ4v) is 4.35. The van der Waals surface area contributed by atoms with Crippen LogP contribution in [0.1, 0.15) is 24.4 Å². The smallest absolute Gasteiger partial charge is 0.233 e. The van der Waals surface area contributed by atoms with Gasteiger partial charge in [0, 0.05) is 17.0 Å². The standard InChI is InChI=1S/C20H21ClFNO3S/c1-25-13-5-8-19(26-2)15(10-13)18-4-3-9-23(18)20(24)12-27-14-6-7-17(22)16(21)11-14/h5-8,10-11,18H,3-4,9,12H2,1-2H3/t18-/m1/s1. The number of nitrogens with zero attached hydrogens (tertiary/aromatic N) is 1. The predicted molar refractivity (Wildman–Crippen MR) is 105 cm³/mol. The summed E-state index contributed by atoms with van der Waals surface area (Å²) < 4.78 is 24.1. The molecule has 1 atom stereocenters. The van der Waals surface area contributed by atoms with Crippen LogP contribution in [0, 0.1) is 5.82 Å². The molecule has 4 nitrogen and oxygen atoms in total. The maximum Gasteiger partial charge on any atom is 0.233 e. The van der Waals surface area contributed by atoms with Gasteiger partial charge >= 0.3 is 0 Å². The summed E-state index contributed by atoms with van der Waals surface area (Å²) in [5.41, 5.74) is 0.956. The summed E-state index contributed by atoms with van der Waals surface area (Å²) in [6.07, 6.45) is 1.81. The van der Waals surface area contributed by atoms with Gasteiger partial charge in [0.05, 0.1) is 31.0 Å².